The van der Waals surface area contributed by atoms with Crippen molar-refractivity contribution in [2.24, 2.45) is 0 Å². The molecular formula is C14H16N2S2. The van der Waals surface area contributed by atoms with Crippen LogP contribution in [0.4, 0.5) is 5.69 Å². The molecule has 1 heterocycles. The fraction of sp³-hybridized carbons (Fsp3) is 0.214. The molecular weight excluding hydrogens is 260 g/mol. The van der Waals surface area contributed by atoms with Gasteiger partial charge in [0.25, 0.3) is 0 Å². The Hall–Kier alpha value is -1.39. The number of nitrogens with one attached hydrogen (secondary N) is 2. The molecule has 0 atom stereocenters. The Morgan fingerprint density at radius 3 is 2.72 bits per heavy atom. The zero-order valence-corrected chi connectivity index (χ0v) is 11.9. The van der Waals surface area contributed by atoms with E-state index >= 15 is 0 Å². The Kier molecular flexibility index (Phi) is 4.73. The summed E-state index contributed by atoms with van der Waals surface area (Å²) in [5.41, 5.74) is 2.41. The van der Waals surface area contributed by atoms with Gasteiger partial charge >= 0.3 is 0 Å². The first-order valence-electron chi connectivity index (χ1n) is 5.94. The van der Waals surface area contributed by atoms with E-state index in [1.54, 1.807) is 11.3 Å². The highest BCUT2D eigenvalue weighted by Crippen LogP contribution is 2.16. The molecule has 94 valence electrons. The Balaban J connectivity index is 1.85. The summed E-state index contributed by atoms with van der Waals surface area (Å²) in [7, 11) is 0. The molecule has 2 aromatic rings. The predicted octanol–water partition coefficient (Wildman–Crippen LogP) is 3.80. The topological polar surface area (TPSA) is 24.1 Å². The second-order valence-electron chi connectivity index (χ2n) is 3.90. The first-order valence-corrected chi connectivity index (χ1v) is 7.23. The van der Waals surface area contributed by atoms with Crippen molar-refractivity contribution in [3.8, 4) is 0 Å². The second kappa shape index (κ2) is 6.52. The van der Waals surface area contributed by atoms with Crippen LogP contribution in [0.3, 0.4) is 0 Å². The summed E-state index contributed by atoms with van der Waals surface area (Å²) in [6.45, 7) is 2.96. The molecule has 0 saturated heterocycles. The SMILES string of the molecule is CCc1ccsc1CNC(=S)Nc1ccccc1. The van der Waals surface area contributed by atoms with E-state index in [9.17, 15) is 0 Å². The van der Waals surface area contributed by atoms with Gasteiger partial charge in [0.1, 0.15) is 0 Å². The quantitative estimate of drug-likeness (QED) is 0.831. The van der Waals surface area contributed by atoms with E-state index in [1.165, 1.54) is 10.4 Å². The van der Waals surface area contributed by atoms with Crippen LogP contribution in [0.25, 0.3) is 0 Å². The van der Waals surface area contributed by atoms with Crippen LogP contribution < -0.4 is 10.6 Å². The molecule has 0 amide bonds. The minimum Gasteiger partial charge on any atom is -0.358 e. The van der Waals surface area contributed by atoms with Crippen LogP contribution in [-0.2, 0) is 13.0 Å². The Labute approximate surface area is 117 Å². The molecule has 0 fully saturated rings. The number of thiophene rings is 1. The van der Waals surface area contributed by atoms with Gasteiger partial charge in [-0.3, -0.25) is 0 Å². The molecule has 4 heteroatoms. The molecule has 2 N–H and O–H groups in total. The first-order chi connectivity index (χ1) is 8.79. The number of rotatable bonds is 4. The van der Waals surface area contributed by atoms with Gasteiger partial charge in [-0.05, 0) is 47.8 Å². The molecule has 0 radical (unpaired) electrons. The van der Waals surface area contributed by atoms with Crippen LogP contribution >= 0.6 is 23.6 Å². The maximum Gasteiger partial charge on any atom is 0.171 e. The van der Waals surface area contributed by atoms with Gasteiger partial charge in [0.2, 0.25) is 0 Å². The number of thiocarbonyl (C=S) groups is 1. The lowest BCUT2D eigenvalue weighted by molar-refractivity contribution is 0.924. The minimum atomic E-state index is 0.664. The molecule has 1 aromatic heterocycles. The molecule has 0 aliphatic rings. The Morgan fingerprint density at radius 1 is 1.22 bits per heavy atom. The van der Waals surface area contributed by atoms with E-state index in [0.29, 0.717) is 5.11 Å². The van der Waals surface area contributed by atoms with Crippen LogP contribution in [0.5, 0.6) is 0 Å². The zero-order chi connectivity index (χ0) is 12.8. The number of aryl methyl sites for hydroxylation is 1. The third-order valence-corrected chi connectivity index (χ3v) is 3.87. The van der Waals surface area contributed by atoms with Crippen molar-refractivity contribution in [3.63, 3.8) is 0 Å². The normalized spacial score (nSPS) is 10.1. The van der Waals surface area contributed by atoms with Crippen molar-refractivity contribution in [2.45, 2.75) is 19.9 Å². The molecule has 2 nitrogen and oxygen atoms in total. The van der Waals surface area contributed by atoms with Gasteiger partial charge in [-0.2, -0.15) is 0 Å². The highest BCUT2D eigenvalue weighted by molar-refractivity contribution is 7.80. The molecule has 0 bridgehead atoms. The molecule has 0 aliphatic carbocycles. The average Bonchev–Trinajstić information content (AvgIpc) is 2.85. The summed E-state index contributed by atoms with van der Waals surface area (Å²) in [5.74, 6) is 0. The average molecular weight is 276 g/mol. The Bertz CT molecular complexity index is 506. The van der Waals surface area contributed by atoms with E-state index in [1.807, 2.05) is 30.3 Å². The van der Waals surface area contributed by atoms with Crippen LogP contribution in [0.15, 0.2) is 41.8 Å². The lowest BCUT2D eigenvalue weighted by Crippen LogP contribution is -2.27. The smallest absolute Gasteiger partial charge is 0.171 e. The van der Waals surface area contributed by atoms with E-state index in [4.69, 9.17) is 12.2 Å². The van der Waals surface area contributed by atoms with E-state index in [0.717, 1.165) is 18.7 Å². The lowest BCUT2D eigenvalue weighted by Gasteiger charge is -2.10. The maximum atomic E-state index is 5.27. The lowest BCUT2D eigenvalue weighted by atomic mass is 10.2. The Morgan fingerprint density at radius 2 is 2.00 bits per heavy atom. The van der Waals surface area contributed by atoms with Gasteiger partial charge in [0, 0.05) is 10.6 Å². The summed E-state index contributed by atoms with van der Waals surface area (Å²) < 4.78 is 0. The monoisotopic (exact) mass is 276 g/mol. The molecule has 0 spiro atoms. The fourth-order valence-electron chi connectivity index (χ4n) is 1.69. The van der Waals surface area contributed by atoms with Crippen molar-refractivity contribution in [1.29, 1.82) is 0 Å². The highest BCUT2D eigenvalue weighted by Gasteiger charge is 2.03. The number of benzene rings is 1. The largest absolute Gasteiger partial charge is 0.358 e. The molecule has 1 aromatic carbocycles. The van der Waals surface area contributed by atoms with Gasteiger partial charge < -0.3 is 10.6 Å². The first kappa shape index (κ1) is 13.1. The van der Waals surface area contributed by atoms with Gasteiger partial charge in [-0.1, -0.05) is 25.1 Å². The summed E-state index contributed by atoms with van der Waals surface area (Å²) in [5, 5.41) is 9.20. The summed E-state index contributed by atoms with van der Waals surface area (Å²) >= 11 is 7.04. The highest BCUT2D eigenvalue weighted by atomic mass is 32.1. The number of hydrogen-bond acceptors (Lipinski definition) is 2. The number of hydrogen-bond donors (Lipinski definition) is 2. The van der Waals surface area contributed by atoms with Crippen molar-refractivity contribution in [1.82, 2.24) is 5.32 Å². The second-order valence-corrected chi connectivity index (χ2v) is 5.31. The van der Waals surface area contributed by atoms with Crippen molar-refractivity contribution >= 4 is 34.4 Å². The number of para-hydroxylation sites is 1. The summed E-state index contributed by atoms with van der Waals surface area (Å²) in [6, 6.07) is 12.1. The van der Waals surface area contributed by atoms with Crippen LogP contribution in [0, 0.1) is 0 Å². The van der Waals surface area contributed by atoms with Gasteiger partial charge in [0.15, 0.2) is 5.11 Å². The molecule has 0 saturated carbocycles. The summed E-state index contributed by atoms with van der Waals surface area (Å²) in [4.78, 5) is 1.36. The van der Waals surface area contributed by atoms with Crippen molar-refractivity contribution < 1.29 is 0 Å². The molecule has 0 unspecified atom stereocenters. The van der Waals surface area contributed by atoms with Gasteiger partial charge in [0.05, 0.1) is 6.54 Å². The van der Waals surface area contributed by atoms with Gasteiger partial charge in [-0.15, -0.1) is 11.3 Å². The van der Waals surface area contributed by atoms with Gasteiger partial charge in [-0.25, -0.2) is 0 Å². The van der Waals surface area contributed by atoms with E-state index in [-0.39, 0.29) is 0 Å². The molecule has 0 aliphatic heterocycles. The molecule has 18 heavy (non-hydrogen) atoms. The standard InChI is InChI=1S/C14H16N2S2/c1-2-11-8-9-18-13(11)10-15-14(17)16-12-6-4-3-5-7-12/h3-9H,2,10H2,1H3,(H2,15,16,17). The van der Waals surface area contributed by atoms with Crippen LogP contribution in [-0.4, -0.2) is 5.11 Å². The van der Waals surface area contributed by atoms with E-state index < -0.39 is 0 Å². The van der Waals surface area contributed by atoms with Crippen LogP contribution in [0.1, 0.15) is 17.4 Å². The molecule has 2 rings (SSSR count). The maximum absolute atomic E-state index is 5.27. The zero-order valence-electron chi connectivity index (χ0n) is 10.3. The van der Waals surface area contributed by atoms with Crippen LogP contribution in [0.2, 0.25) is 0 Å². The van der Waals surface area contributed by atoms with Crippen molar-refractivity contribution in [3.05, 3.63) is 52.2 Å². The third-order valence-electron chi connectivity index (χ3n) is 2.66. The minimum absolute atomic E-state index is 0.664. The predicted molar refractivity (Wildman–Crippen MR) is 83.2 cm³/mol. The summed E-state index contributed by atoms with van der Waals surface area (Å²) in [6.07, 6.45) is 1.07. The fourth-order valence-corrected chi connectivity index (χ4v) is 2.80. The number of anilines is 1. The van der Waals surface area contributed by atoms with Crippen molar-refractivity contribution in [2.75, 3.05) is 5.32 Å². The van der Waals surface area contributed by atoms with E-state index in [2.05, 4.69) is 29.0 Å². The third kappa shape index (κ3) is 3.55.